The molecule has 0 aliphatic carbocycles. The van der Waals surface area contributed by atoms with Gasteiger partial charge in [-0.05, 0) is 55.3 Å². The number of aliphatic hydroxyl groups excluding tert-OH is 1. The molecule has 1 atom stereocenters. The number of hydrogen-bond acceptors (Lipinski definition) is 11. The first-order valence-corrected chi connectivity index (χ1v) is 13.4. The summed E-state index contributed by atoms with van der Waals surface area (Å²) in [5, 5.41) is 11.6. The second-order valence-electron chi connectivity index (χ2n) is 9.11. The van der Waals surface area contributed by atoms with Gasteiger partial charge in [-0.15, -0.1) is 0 Å². The highest BCUT2D eigenvalue weighted by molar-refractivity contribution is 7.17. The molecule has 2 aromatic carbocycles. The van der Waals surface area contributed by atoms with Crippen LogP contribution in [0.3, 0.4) is 0 Å². The molecule has 2 heterocycles. The summed E-state index contributed by atoms with van der Waals surface area (Å²) in [4.78, 5) is 45.7. The third kappa shape index (κ3) is 5.28. The predicted octanol–water partition coefficient (Wildman–Crippen LogP) is 4.76. The lowest BCUT2D eigenvalue weighted by Crippen LogP contribution is -2.29. The zero-order valence-corrected chi connectivity index (χ0v) is 24.8. The van der Waals surface area contributed by atoms with Crippen LogP contribution in [0.4, 0.5) is 5.13 Å². The SMILES string of the molecule is C=CCOC(=O)c1sc(N2C(=O)C(=O)C(=C(O)c3ccc(OC)c(C)c3)C2c2cc(OC)c(OC)c(OC)c2)nc1C. The maximum absolute atomic E-state index is 13.7. The Balaban J connectivity index is 1.99. The van der Waals surface area contributed by atoms with Gasteiger partial charge in [0.05, 0.1) is 45.7 Å². The number of esters is 1. The number of Topliss-reactive ketones (excluding diaryl/α,β-unsaturated/α-hetero) is 1. The number of aromatic nitrogens is 1. The summed E-state index contributed by atoms with van der Waals surface area (Å²) in [6, 6.07) is 6.87. The van der Waals surface area contributed by atoms with E-state index in [2.05, 4.69) is 11.6 Å². The van der Waals surface area contributed by atoms with Gasteiger partial charge in [0.2, 0.25) is 5.75 Å². The lowest BCUT2D eigenvalue weighted by molar-refractivity contribution is -0.132. The van der Waals surface area contributed by atoms with Crippen LogP contribution >= 0.6 is 11.3 Å². The molecule has 1 aliphatic rings. The lowest BCUT2D eigenvalue weighted by Gasteiger charge is -2.24. The Hall–Kier alpha value is -4.84. The highest BCUT2D eigenvalue weighted by atomic mass is 32.1. The molecule has 4 rings (SSSR count). The van der Waals surface area contributed by atoms with E-state index in [0.29, 0.717) is 33.9 Å². The number of ketones is 1. The monoisotopic (exact) mass is 594 g/mol. The van der Waals surface area contributed by atoms with Gasteiger partial charge in [-0.1, -0.05) is 24.0 Å². The van der Waals surface area contributed by atoms with Gasteiger partial charge in [-0.2, -0.15) is 0 Å². The fourth-order valence-corrected chi connectivity index (χ4v) is 5.65. The Kier molecular flexibility index (Phi) is 8.86. The van der Waals surface area contributed by atoms with Gasteiger partial charge in [0.15, 0.2) is 16.6 Å². The molecule has 11 nitrogen and oxygen atoms in total. The maximum Gasteiger partial charge on any atom is 0.350 e. The predicted molar refractivity (Wildman–Crippen MR) is 156 cm³/mol. The van der Waals surface area contributed by atoms with Crippen molar-refractivity contribution in [3.05, 3.63) is 75.8 Å². The number of hydrogen-bond donors (Lipinski definition) is 1. The molecule has 220 valence electrons. The Bertz CT molecular complexity index is 1580. The number of nitrogens with zero attached hydrogens (tertiary/aromatic N) is 2. The van der Waals surface area contributed by atoms with Gasteiger partial charge in [-0.3, -0.25) is 14.5 Å². The van der Waals surface area contributed by atoms with Crippen molar-refractivity contribution in [2.75, 3.05) is 39.9 Å². The molecule has 1 amide bonds. The molecule has 0 saturated carbocycles. The largest absolute Gasteiger partial charge is 0.507 e. The molecule has 0 radical (unpaired) electrons. The summed E-state index contributed by atoms with van der Waals surface area (Å²) in [7, 11) is 5.84. The van der Waals surface area contributed by atoms with E-state index in [0.717, 1.165) is 16.2 Å². The second kappa shape index (κ2) is 12.4. The van der Waals surface area contributed by atoms with E-state index in [1.807, 2.05) is 0 Å². The zero-order chi connectivity index (χ0) is 30.7. The van der Waals surface area contributed by atoms with Crippen LogP contribution in [0.1, 0.15) is 38.1 Å². The van der Waals surface area contributed by atoms with E-state index in [4.69, 9.17) is 23.7 Å². The molecule has 1 unspecified atom stereocenters. The molecule has 0 bridgehead atoms. The number of carbonyl (C=O) groups excluding carboxylic acids is 3. The van der Waals surface area contributed by atoms with Crippen molar-refractivity contribution >= 4 is 39.9 Å². The van der Waals surface area contributed by atoms with Gasteiger partial charge in [-0.25, -0.2) is 9.78 Å². The van der Waals surface area contributed by atoms with Crippen LogP contribution < -0.4 is 23.8 Å². The summed E-state index contributed by atoms with van der Waals surface area (Å²) in [6.45, 7) is 6.91. The van der Waals surface area contributed by atoms with Gasteiger partial charge < -0.3 is 28.8 Å². The molecule has 1 N–H and O–H groups in total. The number of methoxy groups -OCH3 is 4. The third-order valence-corrected chi connectivity index (χ3v) is 7.76. The Morgan fingerprint density at radius 3 is 2.21 bits per heavy atom. The van der Waals surface area contributed by atoms with Gasteiger partial charge in [0.1, 0.15) is 23.0 Å². The highest BCUT2D eigenvalue weighted by Gasteiger charge is 2.49. The highest BCUT2D eigenvalue weighted by Crippen LogP contribution is 2.48. The maximum atomic E-state index is 13.7. The fourth-order valence-electron chi connectivity index (χ4n) is 4.66. The number of thiazole rings is 1. The van der Waals surface area contributed by atoms with Crippen LogP contribution in [0.15, 0.2) is 48.6 Å². The molecule has 1 saturated heterocycles. The van der Waals surface area contributed by atoms with Crippen LogP contribution in [0, 0.1) is 13.8 Å². The average Bonchev–Trinajstić information content (AvgIpc) is 3.50. The van der Waals surface area contributed by atoms with E-state index < -0.39 is 29.5 Å². The van der Waals surface area contributed by atoms with Crippen molar-refractivity contribution in [2.45, 2.75) is 19.9 Å². The van der Waals surface area contributed by atoms with Gasteiger partial charge in [0, 0.05) is 5.56 Å². The number of rotatable bonds is 10. The number of carbonyl (C=O) groups is 3. The standard InChI is InChI=1S/C30H30N2O9S/c1-8-11-41-29(36)27-16(3)31-30(42-27)32-23(18-13-20(38-5)26(40-7)21(14-18)39-6)22(25(34)28(32)35)24(33)17-9-10-19(37-4)15(2)12-17/h8-10,12-14,23,33H,1,11H2,2-7H3. The molecule has 0 spiro atoms. The van der Waals surface area contributed by atoms with Crippen molar-refractivity contribution in [1.29, 1.82) is 0 Å². The van der Waals surface area contributed by atoms with Crippen molar-refractivity contribution < 1.29 is 43.2 Å². The fraction of sp³-hybridized carbons (Fsp3) is 0.267. The van der Waals surface area contributed by atoms with Crippen LogP contribution in [0.5, 0.6) is 23.0 Å². The van der Waals surface area contributed by atoms with Gasteiger partial charge >= 0.3 is 11.9 Å². The number of aliphatic hydroxyl groups is 1. The molecule has 12 heteroatoms. The van der Waals surface area contributed by atoms with E-state index in [1.54, 1.807) is 44.2 Å². The minimum absolute atomic E-state index is 0.0112. The topological polar surface area (TPSA) is 134 Å². The smallest absolute Gasteiger partial charge is 0.350 e. The first-order valence-electron chi connectivity index (χ1n) is 12.6. The quantitative estimate of drug-likeness (QED) is 0.115. The summed E-state index contributed by atoms with van der Waals surface area (Å²) in [5.74, 6) is -1.52. The summed E-state index contributed by atoms with van der Waals surface area (Å²) >= 11 is 0.889. The van der Waals surface area contributed by atoms with E-state index in [9.17, 15) is 19.5 Å². The average molecular weight is 595 g/mol. The number of benzene rings is 2. The molecule has 1 aliphatic heterocycles. The van der Waals surface area contributed by atoms with Crippen molar-refractivity contribution in [3.8, 4) is 23.0 Å². The Morgan fingerprint density at radius 1 is 1.02 bits per heavy atom. The van der Waals surface area contributed by atoms with E-state index in [1.165, 1.54) is 34.5 Å². The summed E-state index contributed by atoms with van der Waals surface area (Å²) in [5.41, 5.74) is 1.48. The molecular formula is C30H30N2O9S. The number of amides is 1. The Labute approximate surface area is 246 Å². The second-order valence-corrected chi connectivity index (χ2v) is 10.1. The van der Waals surface area contributed by atoms with Gasteiger partial charge in [0.25, 0.3) is 5.78 Å². The third-order valence-electron chi connectivity index (χ3n) is 6.62. The molecule has 1 fully saturated rings. The number of anilines is 1. The number of aryl methyl sites for hydroxylation is 2. The molecule has 1 aromatic heterocycles. The van der Waals surface area contributed by atoms with Crippen LogP contribution in [-0.2, 0) is 14.3 Å². The van der Waals surface area contributed by atoms with Crippen molar-refractivity contribution in [2.24, 2.45) is 0 Å². The summed E-state index contributed by atoms with van der Waals surface area (Å²) < 4.78 is 27.0. The molecule has 3 aromatic rings. The first kappa shape index (κ1) is 30.1. The minimum atomic E-state index is -1.18. The zero-order valence-electron chi connectivity index (χ0n) is 24.0. The first-order chi connectivity index (χ1) is 20.1. The van der Waals surface area contributed by atoms with E-state index in [-0.39, 0.29) is 33.7 Å². The number of ether oxygens (including phenoxy) is 5. The molecular weight excluding hydrogens is 564 g/mol. The molecule has 42 heavy (non-hydrogen) atoms. The Morgan fingerprint density at radius 2 is 1.67 bits per heavy atom. The minimum Gasteiger partial charge on any atom is -0.507 e. The van der Waals surface area contributed by atoms with Crippen LogP contribution in [0.2, 0.25) is 0 Å². The van der Waals surface area contributed by atoms with Crippen molar-refractivity contribution in [3.63, 3.8) is 0 Å². The lowest BCUT2D eigenvalue weighted by atomic mass is 9.94. The summed E-state index contributed by atoms with van der Waals surface area (Å²) in [6.07, 6.45) is 1.43. The van der Waals surface area contributed by atoms with Crippen LogP contribution in [0.25, 0.3) is 5.76 Å². The normalized spacial score (nSPS) is 15.9. The van der Waals surface area contributed by atoms with Crippen LogP contribution in [-0.4, -0.2) is 62.8 Å². The van der Waals surface area contributed by atoms with E-state index >= 15 is 0 Å². The van der Waals surface area contributed by atoms with Crippen molar-refractivity contribution in [1.82, 2.24) is 4.98 Å².